The number of nitrogens with one attached hydrogen (secondary N) is 1. The smallest absolute Gasteiger partial charge is 0.250 e. The van der Waals surface area contributed by atoms with E-state index in [2.05, 4.69) is 27.5 Å². The molecule has 0 unspecified atom stereocenters. The summed E-state index contributed by atoms with van der Waals surface area (Å²) in [6.07, 6.45) is 9.36. The molecule has 0 saturated heterocycles. The minimum Gasteiger partial charge on any atom is -0.380 e. The number of fused-ring (bicyclic) bond motifs is 1. The molecular formula is C27H27N7O. The second kappa shape index (κ2) is 8.39. The summed E-state index contributed by atoms with van der Waals surface area (Å²) in [7, 11) is 1.89. The van der Waals surface area contributed by atoms with Gasteiger partial charge in [0.05, 0.1) is 35.2 Å². The van der Waals surface area contributed by atoms with Crippen LogP contribution in [0, 0.1) is 0 Å². The molecule has 0 fully saturated rings. The molecule has 1 amide bonds. The molecule has 0 radical (unpaired) electrons. The number of rotatable bonds is 5. The average molecular weight is 466 g/mol. The van der Waals surface area contributed by atoms with Crippen molar-refractivity contribution in [3.63, 3.8) is 0 Å². The second-order valence-electron chi connectivity index (χ2n) is 9.60. The van der Waals surface area contributed by atoms with Gasteiger partial charge in [-0.05, 0) is 45.0 Å². The standard InChI is InChI=1S/C27H27N7O/c1-27(2,3)32-22-12-17(8-9-21(22)26(28)35)25-20-6-5-7-24(19(20)10-11-29-25)34-15-23(30-16-34)18-13-31-33(4)14-18/h5-16,32H,1-4H3,(H2,28,35). The third-order valence-corrected chi connectivity index (χ3v) is 5.71. The van der Waals surface area contributed by atoms with Crippen molar-refractivity contribution in [2.24, 2.45) is 12.8 Å². The van der Waals surface area contributed by atoms with Gasteiger partial charge < -0.3 is 15.6 Å². The Hall–Kier alpha value is -4.46. The molecule has 0 bridgehead atoms. The molecule has 176 valence electrons. The number of nitrogens with two attached hydrogens (primary N) is 1. The van der Waals surface area contributed by atoms with Crippen LogP contribution in [0.3, 0.4) is 0 Å². The van der Waals surface area contributed by atoms with Gasteiger partial charge in [0, 0.05) is 58.8 Å². The minimum atomic E-state index is -0.471. The summed E-state index contributed by atoms with van der Waals surface area (Å²) in [4.78, 5) is 21.3. The monoisotopic (exact) mass is 465 g/mol. The zero-order chi connectivity index (χ0) is 24.7. The fourth-order valence-electron chi connectivity index (χ4n) is 4.22. The first-order valence-corrected chi connectivity index (χ1v) is 11.3. The highest BCUT2D eigenvalue weighted by molar-refractivity contribution is 6.02. The molecule has 3 N–H and O–H groups in total. The van der Waals surface area contributed by atoms with Gasteiger partial charge in [-0.2, -0.15) is 5.10 Å². The molecule has 0 spiro atoms. The zero-order valence-electron chi connectivity index (χ0n) is 20.1. The molecule has 8 heteroatoms. The van der Waals surface area contributed by atoms with Crippen LogP contribution in [0.5, 0.6) is 0 Å². The molecule has 5 aromatic rings. The van der Waals surface area contributed by atoms with Gasteiger partial charge in [0.25, 0.3) is 5.91 Å². The van der Waals surface area contributed by atoms with E-state index in [4.69, 9.17) is 10.7 Å². The Morgan fingerprint density at radius 3 is 2.54 bits per heavy atom. The van der Waals surface area contributed by atoms with Crippen molar-refractivity contribution < 1.29 is 4.79 Å². The number of imidazole rings is 1. The Balaban J connectivity index is 1.62. The summed E-state index contributed by atoms with van der Waals surface area (Å²) < 4.78 is 3.77. The third kappa shape index (κ3) is 4.38. The van der Waals surface area contributed by atoms with E-state index in [0.717, 1.165) is 39.0 Å². The molecule has 0 aliphatic heterocycles. The van der Waals surface area contributed by atoms with Crippen LogP contribution in [0.2, 0.25) is 0 Å². The number of pyridine rings is 1. The topological polar surface area (TPSA) is 104 Å². The van der Waals surface area contributed by atoms with E-state index in [0.29, 0.717) is 11.3 Å². The summed E-state index contributed by atoms with van der Waals surface area (Å²) in [5, 5.41) is 9.67. The number of carbonyl (C=O) groups excluding carboxylic acids is 1. The maximum atomic E-state index is 12.0. The predicted octanol–water partition coefficient (Wildman–Crippen LogP) is 4.80. The summed E-state index contributed by atoms with van der Waals surface area (Å²) in [6.45, 7) is 6.12. The summed E-state index contributed by atoms with van der Waals surface area (Å²) in [5.41, 5.74) is 11.1. The Labute approximate surface area is 203 Å². The maximum Gasteiger partial charge on any atom is 0.250 e. The van der Waals surface area contributed by atoms with Gasteiger partial charge in [-0.1, -0.05) is 18.2 Å². The van der Waals surface area contributed by atoms with E-state index in [-0.39, 0.29) is 5.54 Å². The SMILES string of the molecule is Cn1cc(-c2cn(-c3cccc4c(-c5ccc(C(N)=O)c(NC(C)(C)C)c5)nccc34)cn2)cn1. The van der Waals surface area contributed by atoms with Gasteiger partial charge in [-0.15, -0.1) is 0 Å². The number of anilines is 1. The van der Waals surface area contributed by atoms with Crippen LogP contribution in [-0.4, -0.2) is 35.8 Å². The number of aromatic nitrogens is 5. The van der Waals surface area contributed by atoms with Crippen molar-refractivity contribution in [1.29, 1.82) is 0 Å². The number of hydrogen-bond acceptors (Lipinski definition) is 5. The molecular weight excluding hydrogens is 438 g/mol. The van der Waals surface area contributed by atoms with Crippen LogP contribution in [-0.2, 0) is 7.05 Å². The number of benzene rings is 2. The van der Waals surface area contributed by atoms with Gasteiger partial charge in [0.1, 0.15) is 0 Å². The summed E-state index contributed by atoms with van der Waals surface area (Å²) >= 11 is 0. The van der Waals surface area contributed by atoms with Gasteiger partial charge in [-0.25, -0.2) is 4.98 Å². The molecule has 2 aromatic carbocycles. The second-order valence-corrected chi connectivity index (χ2v) is 9.60. The fourth-order valence-corrected chi connectivity index (χ4v) is 4.22. The average Bonchev–Trinajstić information content (AvgIpc) is 3.46. The fraction of sp³-hybridized carbons (Fsp3) is 0.185. The molecule has 0 aliphatic carbocycles. The van der Waals surface area contributed by atoms with Crippen LogP contribution in [0.1, 0.15) is 31.1 Å². The first-order valence-electron chi connectivity index (χ1n) is 11.3. The van der Waals surface area contributed by atoms with E-state index in [1.807, 2.05) is 75.4 Å². The highest BCUT2D eigenvalue weighted by Crippen LogP contribution is 2.33. The lowest BCUT2D eigenvalue weighted by Gasteiger charge is -2.24. The Morgan fingerprint density at radius 1 is 1.00 bits per heavy atom. The van der Waals surface area contributed by atoms with Crippen LogP contribution in [0.25, 0.3) is 39.0 Å². The van der Waals surface area contributed by atoms with E-state index in [1.165, 1.54) is 0 Å². The zero-order valence-corrected chi connectivity index (χ0v) is 20.1. The maximum absolute atomic E-state index is 12.0. The van der Waals surface area contributed by atoms with Crippen molar-refractivity contribution >= 4 is 22.4 Å². The number of amides is 1. The molecule has 3 aromatic heterocycles. The number of carbonyl (C=O) groups is 1. The summed E-state index contributed by atoms with van der Waals surface area (Å²) in [5.74, 6) is -0.471. The van der Waals surface area contributed by atoms with Crippen LogP contribution in [0.15, 0.2) is 73.6 Å². The Bertz CT molecular complexity index is 1560. The lowest BCUT2D eigenvalue weighted by Crippen LogP contribution is -2.28. The molecule has 5 rings (SSSR count). The highest BCUT2D eigenvalue weighted by atomic mass is 16.1. The molecule has 3 heterocycles. The Kier molecular flexibility index (Phi) is 5.36. The molecule has 0 atom stereocenters. The van der Waals surface area contributed by atoms with Crippen molar-refractivity contribution in [3.8, 4) is 28.2 Å². The van der Waals surface area contributed by atoms with Crippen molar-refractivity contribution in [3.05, 3.63) is 79.1 Å². The van der Waals surface area contributed by atoms with E-state index in [1.54, 1.807) is 23.1 Å². The van der Waals surface area contributed by atoms with E-state index < -0.39 is 5.91 Å². The molecule has 0 aliphatic rings. The van der Waals surface area contributed by atoms with Gasteiger partial charge in [-0.3, -0.25) is 14.5 Å². The minimum absolute atomic E-state index is 0.240. The lowest BCUT2D eigenvalue weighted by atomic mass is 9.99. The van der Waals surface area contributed by atoms with E-state index in [9.17, 15) is 4.79 Å². The van der Waals surface area contributed by atoms with Crippen molar-refractivity contribution in [2.45, 2.75) is 26.3 Å². The van der Waals surface area contributed by atoms with Crippen molar-refractivity contribution in [2.75, 3.05) is 5.32 Å². The van der Waals surface area contributed by atoms with Gasteiger partial charge in [0.2, 0.25) is 0 Å². The number of primary amides is 1. The van der Waals surface area contributed by atoms with Gasteiger partial charge >= 0.3 is 0 Å². The number of nitrogens with zero attached hydrogens (tertiary/aromatic N) is 5. The quantitative estimate of drug-likeness (QED) is 0.388. The van der Waals surface area contributed by atoms with Crippen LogP contribution in [0.4, 0.5) is 5.69 Å². The van der Waals surface area contributed by atoms with E-state index >= 15 is 0 Å². The molecule has 8 nitrogen and oxygen atoms in total. The predicted molar refractivity (Wildman–Crippen MR) is 138 cm³/mol. The van der Waals surface area contributed by atoms with Gasteiger partial charge in [0.15, 0.2) is 0 Å². The highest BCUT2D eigenvalue weighted by Gasteiger charge is 2.18. The van der Waals surface area contributed by atoms with Crippen LogP contribution < -0.4 is 11.1 Å². The number of aryl methyl sites for hydroxylation is 1. The number of hydrogen-bond donors (Lipinski definition) is 2. The lowest BCUT2D eigenvalue weighted by molar-refractivity contribution is 0.100. The Morgan fingerprint density at radius 2 is 1.83 bits per heavy atom. The summed E-state index contributed by atoms with van der Waals surface area (Å²) in [6, 6.07) is 13.7. The van der Waals surface area contributed by atoms with Crippen LogP contribution >= 0.6 is 0 Å². The van der Waals surface area contributed by atoms with Crippen molar-refractivity contribution in [1.82, 2.24) is 24.3 Å². The molecule has 35 heavy (non-hydrogen) atoms. The normalized spacial score (nSPS) is 11.7. The largest absolute Gasteiger partial charge is 0.380 e. The first-order chi connectivity index (χ1) is 16.7. The first kappa shape index (κ1) is 22.3. The molecule has 0 saturated carbocycles. The third-order valence-electron chi connectivity index (χ3n) is 5.71.